The highest BCUT2D eigenvalue weighted by molar-refractivity contribution is 7.98. The van der Waals surface area contributed by atoms with Crippen LogP contribution >= 0.6 is 11.8 Å². The molecule has 11 heteroatoms. The van der Waals surface area contributed by atoms with Gasteiger partial charge < -0.3 is 9.30 Å². The highest BCUT2D eigenvalue weighted by Gasteiger charge is 2.28. The molecule has 6 nitrogen and oxygen atoms in total. The minimum Gasteiger partial charge on any atom is -0.376 e. The van der Waals surface area contributed by atoms with Gasteiger partial charge in [0.05, 0.1) is 28.6 Å². The lowest BCUT2D eigenvalue weighted by Crippen LogP contribution is -2.27. The standard InChI is InChI=1S/C23H24F3N3O3S2/c24-18-12-20(26)19(25)10-15(18)14-33-23-27-21-11-17(34(30,31)28-7-1-2-8-28)5-6-22(21)29(23)13-16-4-3-9-32-16/h5-6,10-12,16H,1-4,7-9,13-14H2/t16-/m0/s1. The summed E-state index contributed by atoms with van der Waals surface area (Å²) in [6, 6.07) is 6.29. The van der Waals surface area contributed by atoms with E-state index in [1.54, 1.807) is 18.2 Å². The predicted octanol–water partition coefficient (Wildman–Crippen LogP) is 4.71. The van der Waals surface area contributed by atoms with Crippen molar-refractivity contribution in [3.8, 4) is 0 Å². The van der Waals surface area contributed by atoms with Gasteiger partial charge in [0, 0.05) is 37.1 Å². The van der Waals surface area contributed by atoms with Crippen molar-refractivity contribution in [1.29, 1.82) is 0 Å². The number of ether oxygens (including phenoxy) is 1. The number of sulfonamides is 1. The van der Waals surface area contributed by atoms with Gasteiger partial charge >= 0.3 is 0 Å². The number of benzene rings is 2. The molecule has 2 aromatic carbocycles. The molecule has 2 aliphatic heterocycles. The van der Waals surface area contributed by atoms with Crippen LogP contribution in [0.5, 0.6) is 0 Å². The summed E-state index contributed by atoms with van der Waals surface area (Å²) in [5.74, 6) is -3.13. The van der Waals surface area contributed by atoms with Crippen molar-refractivity contribution in [2.24, 2.45) is 0 Å². The third-order valence-electron chi connectivity index (χ3n) is 6.24. The largest absolute Gasteiger partial charge is 0.376 e. The van der Waals surface area contributed by atoms with E-state index in [0.717, 1.165) is 37.3 Å². The summed E-state index contributed by atoms with van der Waals surface area (Å²) in [4.78, 5) is 4.82. The fraction of sp³-hybridized carbons (Fsp3) is 0.435. The number of thioether (sulfide) groups is 1. The molecule has 34 heavy (non-hydrogen) atoms. The molecule has 1 atom stereocenters. The molecule has 1 aromatic heterocycles. The van der Waals surface area contributed by atoms with Gasteiger partial charge in [0.25, 0.3) is 0 Å². The first-order valence-corrected chi connectivity index (χ1v) is 13.6. The van der Waals surface area contributed by atoms with E-state index in [2.05, 4.69) is 4.98 Å². The van der Waals surface area contributed by atoms with Gasteiger partial charge in [0.2, 0.25) is 10.0 Å². The molecule has 182 valence electrons. The molecular formula is C23H24F3N3O3S2. The van der Waals surface area contributed by atoms with E-state index in [1.165, 1.54) is 16.1 Å². The zero-order valence-electron chi connectivity index (χ0n) is 18.3. The van der Waals surface area contributed by atoms with Crippen molar-refractivity contribution < 1.29 is 26.3 Å². The van der Waals surface area contributed by atoms with Gasteiger partial charge in [-0.3, -0.25) is 0 Å². The highest BCUT2D eigenvalue weighted by Crippen LogP contribution is 2.32. The van der Waals surface area contributed by atoms with Crippen molar-refractivity contribution in [1.82, 2.24) is 13.9 Å². The van der Waals surface area contributed by atoms with E-state index in [1.807, 2.05) is 4.57 Å². The number of fused-ring (bicyclic) bond motifs is 1. The molecule has 2 saturated heterocycles. The Hall–Kier alpha value is -2.08. The molecule has 0 aliphatic carbocycles. The lowest BCUT2D eigenvalue weighted by atomic mass is 10.2. The topological polar surface area (TPSA) is 64.4 Å². The van der Waals surface area contributed by atoms with Crippen molar-refractivity contribution >= 4 is 32.8 Å². The minimum absolute atomic E-state index is 0.00948. The SMILES string of the molecule is O=S(=O)(c1ccc2c(c1)nc(SCc1cc(F)c(F)cc1F)n2C[C@@H]1CCCO1)N1CCCC1. The summed E-state index contributed by atoms with van der Waals surface area (Å²) < 4.78 is 76.3. The van der Waals surface area contributed by atoms with Crippen LogP contribution in [0.2, 0.25) is 0 Å². The average Bonchev–Trinajstić information content (AvgIpc) is 3.57. The number of hydrogen-bond donors (Lipinski definition) is 0. The highest BCUT2D eigenvalue weighted by atomic mass is 32.2. The van der Waals surface area contributed by atoms with Gasteiger partial charge in [-0.25, -0.2) is 26.6 Å². The van der Waals surface area contributed by atoms with Gasteiger partial charge in [-0.05, 0) is 49.9 Å². The maximum atomic E-state index is 14.2. The Labute approximate surface area is 200 Å². The molecule has 0 radical (unpaired) electrons. The van der Waals surface area contributed by atoms with Crippen LogP contribution in [0, 0.1) is 17.5 Å². The quantitative estimate of drug-likeness (QED) is 0.340. The van der Waals surface area contributed by atoms with Crippen LogP contribution in [0.4, 0.5) is 13.2 Å². The Morgan fingerprint density at radius 1 is 1.03 bits per heavy atom. The predicted molar refractivity (Wildman–Crippen MR) is 123 cm³/mol. The average molecular weight is 512 g/mol. The summed E-state index contributed by atoms with van der Waals surface area (Å²) in [5, 5.41) is 0.533. The second kappa shape index (κ2) is 9.52. The van der Waals surface area contributed by atoms with Crippen molar-refractivity contribution in [3.63, 3.8) is 0 Å². The second-order valence-electron chi connectivity index (χ2n) is 8.55. The van der Waals surface area contributed by atoms with E-state index in [4.69, 9.17) is 4.74 Å². The molecule has 0 spiro atoms. The summed E-state index contributed by atoms with van der Waals surface area (Å²) in [7, 11) is -3.60. The fourth-order valence-electron chi connectivity index (χ4n) is 4.42. The van der Waals surface area contributed by atoms with Crippen molar-refractivity contribution in [3.05, 3.63) is 53.3 Å². The number of rotatable bonds is 7. The Morgan fingerprint density at radius 3 is 2.53 bits per heavy atom. The van der Waals surface area contributed by atoms with E-state index in [9.17, 15) is 21.6 Å². The molecule has 0 unspecified atom stereocenters. The molecule has 3 aromatic rings. The smallest absolute Gasteiger partial charge is 0.243 e. The van der Waals surface area contributed by atoms with E-state index in [0.29, 0.717) is 43.0 Å². The van der Waals surface area contributed by atoms with Gasteiger partial charge in [-0.15, -0.1) is 0 Å². The second-order valence-corrected chi connectivity index (χ2v) is 11.4. The Bertz CT molecular complexity index is 1320. The van der Waals surface area contributed by atoms with Crippen LogP contribution < -0.4 is 0 Å². The Balaban J connectivity index is 1.49. The molecule has 0 saturated carbocycles. The van der Waals surface area contributed by atoms with Gasteiger partial charge in [0.1, 0.15) is 5.82 Å². The minimum atomic E-state index is -3.60. The third kappa shape index (κ3) is 4.58. The number of imidazole rings is 1. The number of hydrogen-bond acceptors (Lipinski definition) is 5. The molecule has 2 aliphatic rings. The maximum Gasteiger partial charge on any atom is 0.243 e. The lowest BCUT2D eigenvalue weighted by Gasteiger charge is -2.16. The number of halogens is 3. The maximum absolute atomic E-state index is 14.2. The van der Waals surface area contributed by atoms with Gasteiger partial charge in [-0.2, -0.15) is 4.31 Å². The fourth-order valence-corrected chi connectivity index (χ4v) is 6.96. The van der Waals surface area contributed by atoms with Crippen LogP contribution in [-0.2, 0) is 27.1 Å². The molecular weight excluding hydrogens is 487 g/mol. The molecule has 0 N–H and O–H groups in total. The van der Waals surface area contributed by atoms with Crippen LogP contribution in [-0.4, -0.2) is 48.1 Å². The Kier molecular flexibility index (Phi) is 6.62. The van der Waals surface area contributed by atoms with Gasteiger partial charge in [0.15, 0.2) is 16.8 Å². The van der Waals surface area contributed by atoms with Gasteiger partial charge in [-0.1, -0.05) is 11.8 Å². The first-order chi connectivity index (χ1) is 16.3. The molecule has 3 heterocycles. The Morgan fingerprint density at radius 2 is 1.79 bits per heavy atom. The summed E-state index contributed by atoms with van der Waals surface area (Å²) in [6.07, 6.45) is 3.53. The monoisotopic (exact) mass is 511 g/mol. The first kappa shape index (κ1) is 23.7. The zero-order valence-corrected chi connectivity index (χ0v) is 20.0. The molecule has 0 amide bonds. The van der Waals surface area contributed by atoms with E-state index >= 15 is 0 Å². The molecule has 5 rings (SSSR count). The van der Waals surface area contributed by atoms with Crippen LogP contribution in [0.1, 0.15) is 31.2 Å². The van der Waals surface area contributed by atoms with E-state index < -0.39 is 27.5 Å². The number of aromatic nitrogens is 2. The van der Waals surface area contributed by atoms with Crippen LogP contribution in [0.25, 0.3) is 11.0 Å². The zero-order chi connectivity index (χ0) is 23.9. The van der Waals surface area contributed by atoms with Crippen LogP contribution in [0.3, 0.4) is 0 Å². The van der Waals surface area contributed by atoms with Crippen molar-refractivity contribution in [2.75, 3.05) is 19.7 Å². The summed E-state index contributed by atoms with van der Waals surface area (Å²) in [6.45, 7) is 2.21. The summed E-state index contributed by atoms with van der Waals surface area (Å²) in [5.41, 5.74) is 1.27. The number of nitrogens with zero attached hydrogens (tertiary/aromatic N) is 3. The third-order valence-corrected chi connectivity index (χ3v) is 9.16. The normalized spacial score (nSPS) is 19.4. The first-order valence-electron chi connectivity index (χ1n) is 11.2. The summed E-state index contributed by atoms with van der Waals surface area (Å²) >= 11 is 1.18. The molecule has 2 fully saturated rings. The lowest BCUT2D eigenvalue weighted by molar-refractivity contribution is 0.0960. The van der Waals surface area contributed by atoms with Crippen LogP contribution in [0.15, 0.2) is 40.4 Å². The van der Waals surface area contributed by atoms with Crippen molar-refractivity contribution in [2.45, 2.75) is 54.1 Å². The molecule has 0 bridgehead atoms. The van der Waals surface area contributed by atoms with E-state index in [-0.39, 0.29) is 22.3 Å².